The van der Waals surface area contributed by atoms with Gasteiger partial charge in [-0.25, -0.2) is 0 Å². The van der Waals surface area contributed by atoms with Crippen molar-refractivity contribution >= 4 is 43.6 Å². The summed E-state index contributed by atoms with van der Waals surface area (Å²) in [6.45, 7) is 0. The van der Waals surface area contributed by atoms with E-state index in [-0.39, 0.29) is 91.7 Å². The molecule has 0 radical (unpaired) electrons. The van der Waals surface area contributed by atoms with Crippen molar-refractivity contribution in [1.29, 1.82) is 0 Å². The smallest absolute Gasteiger partial charge is 0.0652 e. The first-order valence-corrected chi connectivity index (χ1v) is 14.0. The number of rotatable bonds is 4. The molecule has 0 fully saturated rings. The van der Waals surface area contributed by atoms with Crippen molar-refractivity contribution in [2.75, 3.05) is 0 Å². The van der Waals surface area contributed by atoms with E-state index in [9.17, 15) is 6.85 Å². The Morgan fingerprint density at radius 3 is 1.75 bits per heavy atom. The van der Waals surface area contributed by atoms with Crippen molar-refractivity contribution in [3.05, 3.63) is 170 Å². The van der Waals surface area contributed by atoms with Gasteiger partial charge in [0.15, 0.2) is 0 Å². The summed E-state index contributed by atoms with van der Waals surface area (Å²) in [5.41, 5.74) is 0.803. The number of para-hydroxylation sites is 4. The summed E-state index contributed by atoms with van der Waals surface area (Å²) in [5.74, 6) is 0. The van der Waals surface area contributed by atoms with Crippen LogP contribution in [0, 0.1) is 0 Å². The molecule has 2 aromatic heterocycles. The highest BCUT2D eigenvalue weighted by Gasteiger charge is 2.20. The van der Waals surface area contributed by atoms with Crippen LogP contribution < -0.4 is 0 Å². The first-order valence-electron chi connectivity index (χ1n) is 21.0. The molecular weight excluding hydrogens is 532 g/mol. The molecule has 7 aromatic carbocycles. The second kappa shape index (κ2) is 9.86. The zero-order chi connectivity index (χ0) is 41.2. The van der Waals surface area contributed by atoms with Crippen LogP contribution in [0.5, 0.6) is 0 Å². The number of nitrogens with zero attached hydrogens (tertiary/aromatic N) is 2. The molecule has 0 saturated carbocycles. The molecule has 9 aromatic rings. The van der Waals surface area contributed by atoms with E-state index in [2.05, 4.69) is 0 Å². The highest BCUT2D eigenvalue weighted by atomic mass is 15.0. The third kappa shape index (κ3) is 3.68. The van der Waals surface area contributed by atoms with Gasteiger partial charge < -0.3 is 9.13 Å². The quantitative estimate of drug-likeness (QED) is 0.198. The van der Waals surface area contributed by atoms with Crippen LogP contribution >= 0.6 is 0 Å². The van der Waals surface area contributed by atoms with Gasteiger partial charge in [-0.1, -0.05) is 133 Å². The van der Waals surface area contributed by atoms with Gasteiger partial charge in [0.2, 0.25) is 0 Å². The van der Waals surface area contributed by atoms with Crippen molar-refractivity contribution in [2.45, 2.75) is 0 Å². The van der Waals surface area contributed by atoms with Crippen LogP contribution in [0.3, 0.4) is 0 Å². The van der Waals surface area contributed by atoms with E-state index in [0.717, 1.165) is 16.8 Å². The van der Waals surface area contributed by atoms with Gasteiger partial charge in [-0.15, -0.1) is 0 Å². The van der Waals surface area contributed by atoms with Crippen molar-refractivity contribution in [3.8, 4) is 33.6 Å². The second-order valence-electron chi connectivity index (χ2n) is 10.3. The molecule has 0 bridgehead atoms. The maximum Gasteiger partial charge on any atom is 0.0652 e. The van der Waals surface area contributed by atoms with Gasteiger partial charge >= 0.3 is 0 Å². The van der Waals surface area contributed by atoms with Gasteiger partial charge in [-0.2, -0.15) is 0 Å². The van der Waals surface area contributed by atoms with Crippen LogP contribution in [0.25, 0.3) is 77.2 Å². The number of benzene rings is 7. The molecule has 0 amide bonds. The Bertz CT molecular complexity index is 3220. The Hall–Kier alpha value is -5.86. The Morgan fingerprint density at radius 1 is 0.386 bits per heavy atom. The number of hydrogen-bond donors (Lipinski definition) is 0. The minimum Gasteiger partial charge on any atom is -0.309 e. The fourth-order valence-corrected chi connectivity index (χ4v) is 6.08. The van der Waals surface area contributed by atoms with Crippen LogP contribution in [0.2, 0.25) is 0 Å². The van der Waals surface area contributed by atoms with E-state index >= 15 is 0 Å². The minimum atomic E-state index is -0.636. The minimum absolute atomic E-state index is 0.00503. The van der Waals surface area contributed by atoms with E-state index in [1.54, 1.807) is 4.57 Å². The van der Waals surface area contributed by atoms with Crippen LogP contribution in [-0.4, -0.2) is 9.13 Å². The molecule has 0 N–H and O–H groups in total. The molecular formula is C42H28N2. The summed E-state index contributed by atoms with van der Waals surface area (Å²) in [5, 5.41) is 1.43. The van der Waals surface area contributed by atoms with Crippen molar-refractivity contribution in [1.82, 2.24) is 9.13 Å². The lowest BCUT2D eigenvalue weighted by Crippen LogP contribution is -2.01. The lowest BCUT2D eigenvalue weighted by Gasteiger charge is -2.19. The van der Waals surface area contributed by atoms with Crippen LogP contribution in [0.1, 0.15) is 19.2 Å². The Kier molecular flexibility index (Phi) is 3.26. The molecule has 0 unspecified atom stereocenters. The normalized spacial score (nSPS) is 16.1. The number of aromatic nitrogens is 2. The SMILES string of the molecule is [2H]c1cc([2H])c(-c2cccc(-c3c([2H])cc([2H])c([2H])c3[2H])c2-n2c3c([2H])c([2H])c([2H])c([2H])c3c3c([2H])c(-n4c5ccccc5c5ccccc54)c([2H])c([2H])c32)c([2H])c1. The lowest BCUT2D eigenvalue weighted by molar-refractivity contribution is 1.17. The summed E-state index contributed by atoms with van der Waals surface area (Å²) in [6.07, 6.45) is 0. The molecule has 0 atom stereocenters. The van der Waals surface area contributed by atoms with Crippen LogP contribution in [0.15, 0.2) is 170 Å². The molecule has 2 heteroatoms. The van der Waals surface area contributed by atoms with Crippen LogP contribution in [0.4, 0.5) is 0 Å². The zero-order valence-corrected chi connectivity index (χ0v) is 23.0. The van der Waals surface area contributed by atoms with Gasteiger partial charge in [0.25, 0.3) is 0 Å². The fraction of sp³-hybridized carbons (Fsp3) is 0. The first-order chi connectivity index (χ1) is 27.6. The van der Waals surface area contributed by atoms with E-state index < -0.39 is 48.3 Å². The molecule has 0 aliphatic rings. The predicted octanol–water partition coefficient (Wildman–Crippen LogP) is 11.2. The first kappa shape index (κ1) is 14.5. The van der Waals surface area contributed by atoms with E-state index in [0.29, 0.717) is 11.0 Å². The van der Waals surface area contributed by atoms with E-state index in [1.807, 2.05) is 48.5 Å². The lowest BCUT2D eigenvalue weighted by atomic mass is 9.95. The average Bonchev–Trinajstić information content (AvgIpc) is 3.72. The number of fused-ring (bicyclic) bond motifs is 6. The molecule has 2 heterocycles. The summed E-state index contributed by atoms with van der Waals surface area (Å²) in [7, 11) is 0. The Morgan fingerprint density at radius 2 is 1.00 bits per heavy atom. The highest BCUT2D eigenvalue weighted by molar-refractivity contribution is 6.13. The van der Waals surface area contributed by atoms with E-state index in [1.165, 1.54) is 34.9 Å². The standard InChI is InChI=1S/C42H28N2/c1-3-14-29(15-4-1)32-21-13-22-33(30-16-5-2-6-17-30)42(32)44-40-25-12-9-20-36(40)37-28-31(26-27-41(37)44)43-38-23-10-7-18-34(38)35-19-8-11-24-39(35)43/h1-28H/i1D,2D,3D,9D,12D,14D,15D,16D,17D,20D,25D,26D,27D,28D. The average molecular weight is 575 g/mol. The van der Waals surface area contributed by atoms with Gasteiger partial charge in [0.1, 0.15) is 0 Å². The summed E-state index contributed by atoms with van der Waals surface area (Å²) < 4.78 is 129. The maximum atomic E-state index is 9.92. The Balaban J connectivity index is 1.57. The summed E-state index contributed by atoms with van der Waals surface area (Å²) >= 11 is 0. The highest BCUT2D eigenvalue weighted by Crippen LogP contribution is 2.42. The van der Waals surface area contributed by atoms with Crippen LogP contribution in [-0.2, 0) is 0 Å². The third-order valence-electron chi connectivity index (χ3n) is 7.89. The summed E-state index contributed by atoms with van der Waals surface area (Å²) in [4.78, 5) is 0. The Labute approximate surface area is 275 Å². The zero-order valence-electron chi connectivity index (χ0n) is 37.0. The van der Waals surface area contributed by atoms with Gasteiger partial charge in [0, 0.05) is 38.4 Å². The topological polar surface area (TPSA) is 9.86 Å². The van der Waals surface area contributed by atoms with Gasteiger partial charge in [0.05, 0.1) is 46.9 Å². The molecule has 9 rings (SSSR count). The fourth-order valence-electron chi connectivity index (χ4n) is 6.08. The summed E-state index contributed by atoms with van der Waals surface area (Å²) in [6, 6.07) is 17.2. The molecule has 206 valence electrons. The van der Waals surface area contributed by atoms with E-state index in [4.69, 9.17) is 12.3 Å². The van der Waals surface area contributed by atoms with Gasteiger partial charge in [-0.05, 0) is 47.4 Å². The van der Waals surface area contributed by atoms with Gasteiger partial charge in [-0.3, -0.25) is 0 Å². The molecule has 2 nitrogen and oxygen atoms in total. The molecule has 0 aliphatic carbocycles. The second-order valence-corrected chi connectivity index (χ2v) is 10.3. The third-order valence-corrected chi connectivity index (χ3v) is 7.89. The maximum absolute atomic E-state index is 9.92. The molecule has 0 aliphatic heterocycles. The molecule has 0 spiro atoms. The number of hydrogen-bond acceptors (Lipinski definition) is 0. The largest absolute Gasteiger partial charge is 0.309 e. The molecule has 0 saturated heterocycles. The predicted molar refractivity (Wildman–Crippen MR) is 186 cm³/mol. The van der Waals surface area contributed by atoms with Crippen molar-refractivity contribution < 1.29 is 19.2 Å². The van der Waals surface area contributed by atoms with Crippen molar-refractivity contribution in [2.24, 2.45) is 0 Å². The monoisotopic (exact) mass is 574 g/mol. The molecule has 44 heavy (non-hydrogen) atoms. The van der Waals surface area contributed by atoms with Crippen molar-refractivity contribution in [3.63, 3.8) is 0 Å².